The molecule has 2 N–H and O–H groups in total. The summed E-state index contributed by atoms with van der Waals surface area (Å²) < 4.78 is 10.7. The van der Waals surface area contributed by atoms with Gasteiger partial charge in [0.15, 0.2) is 0 Å². The highest BCUT2D eigenvalue weighted by Gasteiger charge is 2.51. The van der Waals surface area contributed by atoms with Crippen molar-refractivity contribution in [2.45, 2.75) is 45.3 Å². The topological polar surface area (TPSA) is 44.5 Å². The molecule has 0 aromatic heterocycles. The van der Waals surface area contributed by atoms with Crippen molar-refractivity contribution < 1.29 is 9.47 Å². The van der Waals surface area contributed by atoms with E-state index in [-0.39, 0.29) is 5.41 Å². The standard InChI is InChI=1S/C11H23NO2/c1-4-11(5-2)9(12)8-10(11)14-7-6-13-3/h9-10H,4-8,12H2,1-3H3. The minimum absolute atomic E-state index is 0.230. The van der Waals surface area contributed by atoms with Crippen molar-refractivity contribution in [3.05, 3.63) is 0 Å². The van der Waals surface area contributed by atoms with Gasteiger partial charge in [-0.05, 0) is 19.3 Å². The number of hydrogen-bond donors (Lipinski definition) is 1. The number of hydrogen-bond acceptors (Lipinski definition) is 3. The molecule has 0 spiro atoms. The lowest BCUT2D eigenvalue weighted by molar-refractivity contribution is -0.137. The van der Waals surface area contributed by atoms with Crippen molar-refractivity contribution in [3.8, 4) is 0 Å². The van der Waals surface area contributed by atoms with Gasteiger partial charge in [0.25, 0.3) is 0 Å². The van der Waals surface area contributed by atoms with Crippen LogP contribution >= 0.6 is 0 Å². The third-order valence-electron chi connectivity index (χ3n) is 3.77. The maximum atomic E-state index is 6.06. The molecule has 0 aliphatic heterocycles. The van der Waals surface area contributed by atoms with E-state index >= 15 is 0 Å². The smallest absolute Gasteiger partial charge is 0.0704 e. The van der Waals surface area contributed by atoms with E-state index in [1.54, 1.807) is 7.11 Å². The molecule has 1 aliphatic rings. The zero-order chi connectivity index (χ0) is 10.6. The first-order valence-corrected chi connectivity index (χ1v) is 5.57. The molecular formula is C11H23NO2. The van der Waals surface area contributed by atoms with Gasteiger partial charge in [0.2, 0.25) is 0 Å². The molecule has 1 fully saturated rings. The van der Waals surface area contributed by atoms with E-state index in [2.05, 4.69) is 13.8 Å². The monoisotopic (exact) mass is 201 g/mol. The van der Waals surface area contributed by atoms with Crippen LogP contribution in [0.1, 0.15) is 33.1 Å². The van der Waals surface area contributed by atoms with E-state index < -0.39 is 0 Å². The highest BCUT2D eigenvalue weighted by Crippen LogP contribution is 2.47. The van der Waals surface area contributed by atoms with Gasteiger partial charge in [0.05, 0.1) is 19.3 Å². The average Bonchev–Trinajstić information content (AvgIpc) is 2.19. The molecule has 2 unspecified atom stereocenters. The van der Waals surface area contributed by atoms with E-state index in [0.29, 0.717) is 25.4 Å². The van der Waals surface area contributed by atoms with Crippen molar-refractivity contribution in [2.75, 3.05) is 20.3 Å². The van der Waals surface area contributed by atoms with Gasteiger partial charge in [-0.15, -0.1) is 0 Å². The van der Waals surface area contributed by atoms with Gasteiger partial charge >= 0.3 is 0 Å². The normalized spacial score (nSPS) is 30.0. The SMILES string of the molecule is CCC1(CC)C(N)CC1OCCOC. The van der Waals surface area contributed by atoms with Crippen LogP contribution in [0.2, 0.25) is 0 Å². The second-order valence-electron chi connectivity index (χ2n) is 4.13. The average molecular weight is 201 g/mol. The van der Waals surface area contributed by atoms with Crippen LogP contribution in [0.4, 0.5) is 0 Å². The molecule has 3 nitrogen and oxygen atoms in total. The number of methoxy groups -OCH3 is 1. The molecule has 0 aromatic rings. The van der Waals surface area contributed by atoms with Crippen LogP contribution in [-0.4, -0.2) is 32.5 Å². The minimum atomic E-state index is 0.230. The second kappa shape index (κ2) is 5.10. The Morgan fingerprint density at radius 1 is 1.29 bits per heavy atom. The second-order valence-corrected chi connectivity index (χ2v) is 4.13. The maximum absolute atomic E-state index is 6.06. The van der Waals surface area contributed by atoms with E-state index in [0.717, 1.165) is 19.3 Å². The maximum Gasteiger partial charge on any atom is 0.0704 e. The molecule has 1 rings (SSSR count). The van der Waals surface area contributed by atoms with E-state index in [1.165, 1.54) is 0 Å². The predicted octanol–water partition coefficient (Wildman–Crippen LogP) is 1.56. The van der Waals surface area contributed by atoms with E-state index in [9.17, 15) is 0 Å². The lowest BCUT2D eigenvalue weighted by Crippen LogP contribution is -2.61. The summed E-state index contributed by atoms with van der Waals surface area (Å²) in [5.74, 6) is 0. The summed E-state index contributed by atoms with van der Waals surface area (Å²) >= 11 is 0. The minimum Gasteiger partial charge on any atom is -0.382 e. The van der Waals surface area contributed by atoms with Gasteiger partial charge in [0.1, 0.15) is 0 Å². The molecule has 0 heterocycles. The Morgan fingerprint density at radius 2 is 1.93 bits per heavy atom. The van der Waals surface area contributed by atoms with Crippen LogP contribution in [0.3, 0.4) is 0 Å². The molecular weight excluding hydrogens is 178 g/mol. The Balaban J connectivity index is 2.39. The molecule has 2 atom stereocenters. The number of rotatable bonds is 6. The molecule has 1 saturated carbocycles. The van der Waals surface area contributed by atoms with Gasteiger partial charge in [0, 0.05) is 18.6 Å². The first-order chi connectivity index (χ1) is 6.71. The molecule has 3 heteroatoms. The fraction of sp³-hybridized carbons (Fsp3) is 1.00. The van der Waals surface area contributed by atoms with Gasteiger partial charge in [-0.2, -0.15) is 0 Å². The molecule has 0 saturated heterocycles. The summed E-state index contributed by atoms with van der Waals surface area (Å²) in [7, 11) is 1.70. The lowest BCUT2D eigenvalue weighted by atomic mass is 9.59. The third kappa shape index (κ3) is 1.95. The lowest BCUT2D eigenvalue weighted by Gasteiger charge is -2.53. The Morgan fingerprint density at radius 3 is 2.36 bits per heavy atom. The van der Waals surface area contributed by atoms with Gasteiger partial charge in [-0.1, -0.05) is 13.8 Å². The highest BCUT2D eigenvalue weighted by atomic mass is 16.5. The molecule has 0 aromatic carbocycles. The Labute approximate surface area is 86.9 Å². The molecule has 84 valence electrons. The third-order valence-corrected chi connectivity index (χ3v) is 3.77. The molecule has 1 aliphatic carbocycles. The van der Waals surface area contributed by atoms with Crippen molar-refractivity contribution in [1.82, 2.24) is 0 Å². The van der Waals surface area contributed by atoms with Crippen LogP contribution in [0.5, 0.6) is 0 Å². The molecule has 0 amide bonds. The Hall–Kier alpha value is -0.120. The van der Waals surface area contributed by atoms with Crippen molar-refractivity contribution in [2.24, 2.45) is 11.1 Å². The molecule has 0 radical (unpaired) electrons. The summed E-state index contributed by atoms with van der Waals surface area (Å²) in [4.78, 5) is 0. The van der Waals surface area contributed by atoms with Crippen molar-refractivity contribution in [3.63, 3.8) is 0 Å². The fourth-order valence-corrected chi connectivity index (χ4v) is 2.52. The van der Waals surface area contributed by atoms with Gasteiger partial charge < -0.3 is 15.2 Å². The van der Waals surface area contributed by atoms with Crippen LogP contribution in [0.25, 0.3) is 0 Å². The summed E-state index contributed by atoms with van der Waals surface area (Å²) in [6.45, 7) is 5.77. The van der Waals surface area contributed by atoms with Crippen molar-refractivity contribution >= 4 is 0 Å². The van der Waals surface area contributed by atoms with Crippen LogP contribution < -0.4 is 5.73 Å². The summed E-state index contributed by atoms with van der Waals surface area (Å²) in [6, 6.07) is 0.324. The first-order valence-electron chi connectivity index (χ1n) is 5.57. The van der Waals surface area contributed by atoms with Crippen LogP contribution in [0.15, 0.2) is 0 Å². The van der Waals surface area contributed by atoms with E-state index in [4.69, 9.17) is 15.2 Å². The fourth-order valence-electron chi connectivity index (χ4n) is 2.52. The zero-order valence-corrected chi connectivity index (χ0v) is 9.58. The van der Waals surface area contributed by atoms with Gasteiger partial charge in [-0.25, -0.2) is 0 Å². The largest absolute Gasteiger partial charge is 0.382 e. The van der Waals surface area contributed by atoms with Crippen molar-refractivity contribution in [1.29, 1.82) is 0 Å². The predicted molar refractivity (Wildman–Crippen MR) is 57.2 cm³/mol. The quantitative estimate of drug-likeness (QED) is 0.663. The van der Waals surface area contributed by atoms with Crippen LogP contribution in [-0.2, 0) is 9.47 Å². The van der Waals surface area contributed by atoms with Crippen LogP contribution in [0, 0.1) is 5.41 Å². The Bertz CT molecular complexity index is 169. The zero-order valence-electron chi connectivity index (χ0n) is 9.58. The summed E-state index contributed by atoms with van der Waals surface area (Å²) in [6.07, 6.45) is 3.58. The molecule has 14 heavy (non-hydrogen) atoms. The summed E-state index contributed by atoms with van der Waals surface area (Å²) in [5.41, 5.74) is 6.29. The highest BCUT2D eigenvalue weighted by molar-refractivity contribution is 5.05. The number of nitrogens with two attached hydrogens (primary N) is 1. The van der Waals surface area contributed by atoms with E-state index in [1.807, 2.05) is 0 Å². The number of ether oxygens (including phenoxy) is 2. The van der Waals surface area contributed by atoms with Gasteiger partial charge in [-0.3, -0.25) is 0 Å². The molecule has 0 bridgehead atoms. The first kappa shape index (κ1) is 12.0. The summed E-state index contributed by atoms with van der Waals surface area (Å²) in [5, 5.41) is 0. The Kier molecular flexibility index (Phi) is 4.35.